The second-order valence-electron chi connectivity index (χ2n) is 4.90. The van der Waals surface area contributed by atoms with E-state index in [1.165, 1.54) is 6.54 Å². The summed E-state index contributed by atoms with van der Waals surface area (Å²) in [7, 11) is 0. The molecule has 0 aromatic rings. The van der Waals surface area contributed by atoms with Crippen molar-refractivity contribution in [3.63, 3.8) is 0 Å². The molecule has 2 nitrogen and oxygen atoms in total. The van der Waals surface area contributed by atoms with Crippen molar-refractivity contribution in [1.29, 1.82) is 0 Å². The number of likely N-dealkylation sites (tertiary alicyclic amines) is 1. The number of aliphatic hydroxyl groups is 1. The van der Waals surface area contributed by atoms with Gasteiger partial charge in [-0.2, -0.15) is 0 Å². The molecule has 1 heterocycles. The smallest absolute Gasteiger partial charge is 0.0688 e. The van der Waals surface area contributed by atoms with E-state index in [4.69, 9.17) is 0 Å². The summed E-state index contributed by atoms with van der Waals surface area (Å²) in [5, 5.41) is 10.7. The molecule has 0 spiro atoms. The number of hydrogen-bond acceptors (Lipinski definition) is 2. The predicted molar refractivity (Wildman–Crippen MR) is 65.0 cm³/mol. The zero-order valence-electron chi connectivity index (χ0n) is 10.6. The van der Waals surface area contributed by atoms with Crippen molar-refractivity contribution in [2.45, 2.75) is 58.5 Å². The van der Waals surface area contributed by atoms with Gasteiger partial charge >= 0.3 is 0 Å². The normalized spacial score (nSPS) is 29.4. The molecule has 1 N–H and O–H groups in total. The van der Waals surface area contributed by atoms with Crippen molar-refractivity contribution in [2.75, 3.05) is 19.6 Å². The molecule has 1 atom stereocenters. The van der Waals surface area contributed by atoms with Crippen LogP contribution in [0.1, 0.15) is 52.9 Å². The molecule has 0 amide bonds. The lowest BCUT2D eigenvalue weighted by molar-refractivity contribution is -0.0342. The van der Waals surface area contributed by atoms with E-state index in [1.54, 1.807) is 0 Å². The van der Waals surface area contributed by atoms with Gasteiger partial charge in [-0.05, 0) is 38.3 Å². The van der Waals surface area contributed by atoms with Gasteiger partial charge in [-0.25, -0.2) is 0 Å². The van der Waals surface area contributed by atoms with Crippen molar-refractivity contribution in [3.8, 4) is 0 Å². The van der Waals surface area contributed by atoms with Gasteiger partial charge in [-0.1, -0.05) is 33.6 Å². The lowest BCUT2D eigenvalue weighted by Crippen LogP contribution is -2.38. The monoisotopic (exact) mass is 213 g/mol. The summed E-state index contributed by atoms with van der Waals surface area (Å²) in [6, 6.07) is 0. The van der Waals surface area contributed by atoms with Gasteiger partial charge < -0.3 is 10.0 Å². The van der Waals surface area contributed by atoms with E-state index in [0.717, 1.165) is 45.2 Å². The van der Waals surface area contributed by atoms with Crippen LogP contribution in [0.2, 0.25) is 0 Å². The molecule has 2 heteroatoms. The van der Waals surface area contributed by atoms with Crippen LogP contribution in [-0.4, -0.2) is 35.2 Å². The highest BCUT2D eigenvalue weighted by Gasteiger charge is 2.35. The highest BCUT2D eigenvalue weighted by molar-refractivity contribution is 4.88. The van der Waals surface area contributed by atoms with E-state index in [2.05, 4.69) is 25.7 Å². The molecule has 1 aliphatic heterocycles. The standard InChI is InChI=1S/C13H27NO/c1-4-12(5-2)13(15)8-7-10-14(6-3)11-9-13/h12,15H,4-11H2,1-3H3. The fourth-order valence-electron chi connectivity index (χ4n) is 2.97. The Bertz CT molecular complexity index is 179. The zero-order valence-corrected chi connectivity index (χ0v) is 10.6. The maximum atomic E-state index is 10.7. The molecule has 1 rings (SSSR count). The van der Waals surface area contributed by atoms with E-state index >= 15 is 0 Å². The Balaban J connectivity index is 2.60. The highest BCUT2D eigenvalue weighted by atomic mass is 16.3. The average Bonchev–Trinajstić information content (AvgIpc) is 2.42. The van der Waals surface area contributed by atoms with Crippen molar-refractivity contribution < 1.29 is 5.11 Å². The number of hydrogen-bond donors (Lipinski definition) is 1. The Hall–Kier alpha value is -0.0800. The van der Waals surface area contributed by atoms with Gasteiger partial charge in [0.05, 0.1) is 5.60 Å². The summed E-state index contributed by atoms with van der Waals surface area (Å²) in [5.41, 5.74) is -0.382. The van der Waals surface area contributed by atoms with Gasteiger partial charge in [0.2, 0.25) is 0 Å². The third-order valence-corrected chi connectivity index (χ3v) is 4.14. The van der Waals surface area contributed by atoms with Gasteiger partial charge in [0.1, 0.15) is 0 Å². The molecule has 0 saturated carbocycles. The second kappa shape index (κ2) is 5.86. The first-order chi connectivity index (χ1) is 7.16. The van der Waals surface area contributed by atoms with E-state index in [-0.39, 0.29) is 5.60 Å². The second-order valence-corrected chi connectivity index (χ2v) is 4.90. The van der Waals surface area contributed by atoms with Crippen LogP contribution < -0.4 is 0 Å². The molecular formula is C13H27NO. The third-order valence-electron chi connectivity index (χ3n) is 4.14. The van der Waals surface area contributed by atoms with Crippen LogP contribution in [-0.2, 0) is 0 Å². The van der Waals surface area contributed by atoms with Crippen LogP contribution >= 0.6 is 0 Å². The Kier molecular flexibility index (Phi) is 5.07. The fourth-order valence-corrected chi connectivity index (χ4v) is 2.97. The van der Waals surface area contributed by atoms with Gasteiger partial charge in [0.15, 0.2) is 0 Å². The van der Waals surface area contributed by atoms with Crippen molar-refractivity contribution in [1.82, 2.24) is 4.90 Å². The maximum absolute atomic E-state index is 10.7. The maximum Gasteiger partial charge on any atom is 0.0688 e. The molecule has 1 unspecified atom stereocenters. The SMILES string of the molecule is CCC(CC)C1(O)CCCN(CC)CC1. The summed E-state index contributed by atoms with van der Waals surface area (Å²) in [6.45, 7) is 9.98. The Labute approximate surface area is 94.7 Å². The first-order valence-corrected chi connectivity index (χ1v) is 6.61. The van der Waals surface area contributed by atoms with Crippen molar-refractivity contribution in [2.24, 2.45) is 5.92 Å². The van der Waals surface area contributed by atoms with E-state index in [1.807, 2.05) is 0 Å². The zero-order chi connectivity index (χ0) is 11.3. The van der Waals surface area contributed by atoms with Gasteiger partial charge in [-0.3, -0.25) is 0 Å². The minimum atomic E-state index is -0.382. The molecule has 1 aliphatic rings. The highest BCUT2D eigenvalue weighted by Crippen LogP contribution is 2.33. The molecule has 1 fully saturated rings. The number of rotatable bonds is 4. The molecule has 0 aromatic heterocycles. The minimum absolute atomic E-state index is 0.382. The third kappa shape index (κ3) is 3.18. The first kappa shape index (κ1) is 13.0. The number of nitrogens with zero attached hydrogens (tertiary/aromatic N) is 1. The summed E-state index contributed by atoms with van der Waals surface area (Å²) in [6.07, 6.45) is 5.34. The van der Waals surface area contributed by atoms with Crippen LogP contribution in [0.25, 0.3) is 0 Å². The lowest BCUT2D eigenvalue weighted by atomic mass is 9.78. The van der Waals surface area contributed by atoms with E-state index in [0.29, 0.717) is 5.92 Å². The van der Waals surface area contributed by atoms with Crippen LogP contribution in [0.4, 0.5) is 0 Å². The van der Waals surface area contributed by atoms with Crippen molar-refractivity contribution >= 4 is 0 Å². The molecule has 15 heavy (non-hydrogen) atoms. The van der Waals surface area contributed by atoms with Crippen molar-refractivity contribution in [3.05, 3.63) is 0 Å². The Morgan fingerprint density at radius 1 is 1.13 bits per heavy atom. The Morgan fingerprint density at radius 2 is 1.80 bits per heavy atom. The molecule has 0 bridgehead atoms. The van der Waals surface area contributed by atoms with E-state index < -0.39 is 0 Å². The lowest BCUT2D eigenvalue weighted by Gasteiger charge is -2.34. The molecule has 90 valence electrons. The van der Waals surface area contributed by atoms with Crippen LogP contribution in [0.15, 0.2) is 0 Å². The van der Waals surface area contributed by atoms with Gasteiger partial charge in [0, 0.05) is 6.54 Å². The topological polar surface area (TPSA) is 23.5 Å². The minimum Gasteiger partial charge on any atom is -0.390 e. The largest absolute Gasteiger partial charge is 0.390 e. The molecule has 0 aliphatic carbocycles. The predicted octanol–water partition coefficient (Wildman–Crippen LogP) is 2.66. The summed E-state index contributed by atoms with van der Waals surface area (Å²) in [4.78, 5) is 2.46. The van der Waals surface area contributed by atoms with Crippen LogP contribution in [0.5, 0.6) is 0 Å². The summed E-state index contributed by atoms with van der Waals surface area (Å²) < 4.78 is 0. The molecule has 1 saturated heterocycles. The molecule has 0 radical (unpaired) electrons. The summed E-state index contributed by atoms with van der Waals surface area (Å²) >= 11 is 0. The van der Waals surface area contributed by atoms with Gasteiger partial charge in [0.25, 0.3) is 0 Å². The quantitative estimate of drug-likeness (QED) is 0.776. The van der Waals surface area contributed by atoms with Gasteiger partial charge in [-0.15, -0.1) is 0 Å². The molecular weight excluding hydrogens is 186 g/mol. The fraction of sp³-hybridized carbons (Fsp3) is 1.00. The first-order valence-electron chi connectivity index (χ1n) is 6.61. The average molecular weight is 213 g/mol. The van der Waals surface area contributed by atoms with Crippen LogP contribution in [0, 0.1) is 5.92 Å². The molecule has 0 aromatic carbocycles. The van der Waals surface area contributed by atoms with E-state index in [9.17, 15) is 5.11 Å². The Morgan fingerprint density at radius 3 is 2.33 bits per heavy atom. The summed E-state index contributed by atoms with van der Waals surface area (Å²) in [5.74, 6) is 0.495. The van der Waals surface area contributed by atoms with Crippen LogP contribution in [0.3, 0.4) is 0 Å².